The summed E-state index contributed by atoms with van der Waals surface area (Å²) in [5.41, 5.74) is 3.39. The third kappa shape index (κ3) is 1.05. The zero-order chi connectivity index (χ0) is 3.98. The fourth-order valence-corrected chi connectivity index (χ4v) is 0.723. The van der Waals surface area contributed by atoms with Crippen LogP contribution in [-0.2, 0) is 0 Å². The van der Waals surface area contributed by atoms with Gasteiger partial charge in [-0.1, -0.05) is 0 Å². The van der Waals surface area contributed by atoms with Crippen molar-refractivity contribution >= 4 is 0 Å². The van der Waals surface area contributed by atoms with Gasteiger partial charge in [-0.3, -0.25) is 0 Å². The summed E-state index contributed by atoms with van der Waals surface area (Å²) in [4.78, 5) is 0. The Balaban J connectivity index is 0.000000245. The Bertz CT molecular complexity index is 87.3. The van der Waals surface area contributed by atoms with Crippen LogP contribution >= 0.6 is 0 Å². The van der Waals surface area contributed by atoms with E-state index in [0.29, 0.717) is 0 Å². The monoisotopic (exact) mass is 86.1 g/mol. The summed E-state index contributed by atoms with van der Waals surface area (Å²) in [5, 5.41) is 0. The molecule has 0 amide bonds. The van der Waals surface area contributed by atoms with E-state index in [-0.39, 0.29) is 18.9 Å². The van der Waals surface area contributed by atoms with Crippen LogP contribution in [-0.4, -0.2) is 0 Å². The minimum absolute atomic E-state index is 0. The summed E-state index contributed by atoms with van der Waals surface area (Å²) < 4.78 is 0. The molecule has 0 nitrogen and oxygen atoms in total. The summed E-state index contributed by atoms with van der Waals surface area (Å²) in [6.45, 7) is 0. The third-order valence-corrected chi connectivity index (χ3v) is 1.36. The first kappa shape index (κ1) is 5.35. The van der Waals surface area contributed by atoms with Crippen LogP contribution in [0.15, 0.2) is 11.1 Å². The van der Waals surface area contributed by atoms with Crippen molar-refractivity contribution in [2.24, 2.45) is 0 Å². The van der Waals surface area contributed by atoms with E-state index in [1.807, 2.05) is 0 Å². The van der Waals surface area contributed by atoms with Crippen molar-refractivity contribution in [2.45, 2.75) is 19.3 Å². The van der Waals surface area contributed by atoms with Crippen LogP contribution in [0.25, 0.3) is 0 Å². The molecule has 0 spiro atoms. The molecule has 0 unspecified atom stereocenters. The van der Waals surface area contributed by atoms with Crippen LogP contribution in [0.2, 0.25) is 0 Å². The van der Waals surface area contributed by atoms with Gasteiger partial charge in [0.05, 0.1) is 0 Å². The molecule has 2 saturated carbocycles. The van der Waals surface area contributed by atoms with Crippen molar-refractivity contribution in [3.63, 3.8) is 0 Å². The van der Waals surface area contributed by atoms with Crippen LogP contribution in [0.5, 0.6) is 0 Å². The molecule has 0 aliphatic heterocycles. The zero-order valence-electron chi connectivity index (χ0n) is 4.70. The van der Waals surface area contributed by atoms with E-state index in [4.69, 9.17) is 0 Å². The third-order valence-electron chi connectivity index (χ3n) is 1.36. The van der Waals surface area contributed by atoms with Crippen molar-refractivity contribution in [1.82, 2.24) is 0 Å². The topological polar surface area (TPSA) is 0 Å². The fourth-order valence-electron chi connectivity index (χ4n) is 0.723. The smallest absolute Gasteiger partial charge is 0.227 e. The van der Waals surface area contributed by atoms with Crippen molar-refractivity contribution in [2.75, 3.05) is 0 Å². The van der Waals surface area contributed by atoms with Crippen LogP contribution < -0.4 is 18.9 Å². The molecule has 0 aromatic carbocycles. The largest absolute Gasteiger partial charge is 1.00 e. The number of rotatable bonds is 0. The van der Waals surface area contributed by atoms with Gasteiger partial charge in [-0.25, -0.2) is 17.6 Å². The predicted octanol–water partition coefficient (Wildman–Crippen LogP) is -1.31. The molecule has 0 radical (unpaired) electrons. The molecule has 0 heterocycles. The van der Waals surface area contributed by atoms with Crippen molar-refractivity contribution < 1.29 is 18.9 Å². The van der Waals surface area contributed by atoms with Gasteiger partial charge in [-0.05, 0) is 0 Å². The normalized spacial score (nSPS) is 22.9. The summed E-state index contributed by atoms with van der Waals surface area (Å²) in [7, 11) is 0. The maximum absolute atomic E-state index is 2.31. The van der Waals surface area contributed by atoms with Gasteiger partial charge in [-0.15, -0.1) is 19.3 Å². The second-order valence-electron chi connectivity index (χ2n) is 2.04. The molecule has 0 aromatic heterocycles. The second kappa shape index (κ2) is 1.62. The Kier molecular flexibility index (Phi) is 1.23. The first-order valence-electron chi connectivity index (χ1n) is 2.51. The summed E-state index contributed by atoms with van der Waals surface area (Å²) in [6, 6.07) is 0. The number of hydrogen-bond donors (Lipinski definition) is 0. The molecule has 1 heteroatoms. The molecule has 32 valence electrons. The Hall–Kier alpha value is 0.207. The SMILES string of the molecule is [CH-]1CC1=C1CC1.[Li+]. The van der Waals surface area contributed by atoms with Gasteiger partial charge < -0.3 is 0 Å². The quantitative estimate of drug-likeness (QED) is 0.253. The molecule has 0 aromatic rings. The Morgan fingerprint density at radius 1 is 1.29 bits per heavy atom. The first-order valence-corrected chi connectivity index (χ1v) is 2.51. The van der Waals surface area contributed by atoms with Gasteiger partial charge >= 0.3 is 18.9 Å². The maximum atomic E-state index is 2.31. The maximum Gasteiger partial charge on any atom is 1.00 e. The summed E-state index contributed by atoms with van der Waals surface area (Å²) in [5.74, 6) is 0. The van der Waals surface area contributed by atoms with Gasteiger partial charge in [0.1, 0.15) is 0 Å². The predicted molar refractivity (Wildman–Crippen MR) is 25.2 cm³/mol. The standard InChI is InChI=1S/C6H7.Li/c1-2-5(1)6-3-4-6;/h1H,2-4H2;/q-1;+1. The van der Waals surface area contributed by atoms with Gasteiger partial charge in [0.25, 0.3) is 0 Å². The van der Waals surface area contributed by atoms with Gasteiger partial charge in [-0.2, -0.15) is 0 Å². The van der Waals surface area contributed by atoms with E-state index < -0.39 is 0 Å². The Labute approximate surface area is 56.2 Å². The minimum atomic E-state index is 0. The summed E-state index contributed by atoms with van der Waals surface area (Å²) in [6.07, 6.45) is 6.44. The molecule has 2 aliphatic rings. The second-order valence-corrected chi connectivity index (χ2v) is 2.04. The van der Waals surface area contributed by atoms with Crippen LogP contribution in [0, 0.1) is 6.42 Å². The van der Waals surface area contributed by atoms with Gasteiger partial charge in [0, 0.05) is 0 Å². The van der Waals surface area contributed by atoms with Gasteiger partial charge in [0.2, 0.25) is 0 Å². The molecule has 0 N–H and O–H groups in total. The average Bonchev–Trinajstić information content (AvgIpc) is 2.26. The molecule has 2 rings (SSSR count). The molecule has 7 heavy (non-hydrogen) atoms. The minimum Gasteiger partial charge on any atom is -0.227 e. The molecule has 0 saturated heterocycles. The van der Waals surface area contributed by atoms with E-state index in [1.165, 1.54) is 19.3 Å². The van der Waals surface area contributed by atoms with Crippen LogP contribution in [0.4, 0.5) is 0 Å². The van der Waals surface area contributed by atoms with Crippen molar-refractivity contribution in [3.05, 3.63) is 17.6 Å². The molecule has 2 fully saturated rings. The van der Waals surface area contributed by atoms with Gasteiger partial charge in [0.15, 0.2) is 0 Å². The molecular formula is C6H7Li. The van der Waals surface area contributed by atoms with E-state index >= 15 is 0 Å². The van der Waals surface area contributed by atoms with Crippen molar-refractivity contribution in [3.8, 4) is 0 Å². The molecule has 2 aliphatic carbocycles. The number of hydrogen-bond acceptors (Lipinski definition) is 0. The molecule has 0 atom stereocenters. The fraction of sp³-hybridized carbons (Fsp3) is 0.500. The Morgan fingerprint density at radius 2 is 1.86 bits per heavy atom. The van der Waals surface area contributed by atoms with E-state index in [0.717, 1.165) is 0 Å². The van der Waals surface area contributed by atoms with E-state index in [2.05, 4.69) is 6.42 Å². The zero-order valence-corrected chi connectivity index (χ0v) is 4.70. The summed E-state index contributed by atoms with van der Waals surface area (Å²) >= 11 is 0. The number of allylic oxidation sites excluding steroid dienone is 2. The van der Waals surface area contributed by atoms with Crippen LogP contribution in [0.3, 0.4) is 0 Å². The first-order chi connectivity index (χ1) is 2.97. The van der Waals surface area contributed by atoms with Crippen molar-refractivity contribution in [1.29, 1.82) is 0 Å². The van der Waals surface area contributed by atoms with E-state index in [9.17, 15) is 0 Å². The Morgan fingerprint density at radius 3 is 2.00 bits per heavy atom. The average molecular weight is 86.1 g/mol. The van der Waals surface area contributed by atoms with Crippen LogP contribution in [0.1, 0.15) is 19.3 Å². The van der Waals surface area contributed by atoms with E-state index in [1.54, 1.807) is 11.1 Å². The molecular weight excluding hydrogens is 79.0 g/mol. The molecule has 0 bridgehead atoms.